The molecule has 0 aromatic heterocycles. The molecule has 0 spiro atoms. The van der Waals surface area contributed by atoms with Crippen molar-refractivity contribution >= 4 is 12.0 Å². The van der Waals surface area contributed by atoms with Crippen molar-refractivity contribution in [3.8, 4) is 0 Å². The predicted octanol–water partition coefficient (Wildman–Crippen LogP) is 0.0721. The summed E-state index contributed by atoms with van der Waals surface area (Å²) < 4.78 is 9.96. The van der Waals surface area contributed by atoms with Gasteiger partial charge in [0.2, 0.25) is 0 Å². The molecule has 1 saturated heterocycles. The highest BCUT2D eigenvalue weighted by atomic mass is 16.6. The number of ether oxygens (including phenoxy) is 2. The van der Waals surface area contributed by atoms with E-state index in [4.69, 9.17) is 9.47 Å². The number of aliphatic hydroxyl groups excluding tert-OH is 3. The van der Waals surface area contributed by atoms with E-state index in [0.717, 1.165) is 5.56 Å². The molecule has 1 aliphatic rings. The number of hydrogen-bond donors (Lipinski definition) is 3. The maximum atomic E-state index is 11.6. The van der Waals surface area contributed by atoms with Gasteiger partial charge in [0, 0.05) is 12.5 Å². The molecule has 21 heavy (non-hydrogen) atoms. The Labute approximate surface area is 122 Å². The molecule has 1 aromatic carbocycles. The van der Waals surface area contributed by atoms with Crippen molar-refractivity contribution in [1.82, 2.24) is 0 Å². The Balaban J connectivity index is 1.82. The fraction of sp³-hybridized carbons (Fsp3) is 0.400. The van der Waals surface area contributed by atoms with Crippen LogP contribution in [0.15, 0.2) is 36.4 Å². The topological polar surface area (TPSA) is 96.2 Å². The van der Waals surface area contributed by atoms with Crippen LogP contribution in [0.4, 0.5) is 0 Å². The Morgan fingerprint density at radius 3 is 2.71 bits per heavy atom. The standard InChI is InChI=1S/C15H18O6/c16-11-8-14(18)21-12(15(11)19)9-20-13(17)7-6-10-4-2-1-3-5-10/h1-7,11-12,14-16,18-19H,8-9H2/b7-6+/t11?,12?,14-,15-/m0/s1. The highest BCUT2D eigenvalue weighted by Gasteiger charge is 2.36. The summed E-state index contributed by atoms with van der Waals surface area (Å²) in [6.07, 6.45) is -1.62. The molecular weight excluding hydrogens is 276 g/mol. The van der Waals surface area contributed by atoms with Crippen molar-refractivity contribution < 1.29 is 29.6 Å². The summed E-state index contributed by atoms with van der Waals surface area (Å²) >= 11 is 0. The first-order chi connectivity index (χ1) is 10.1. The fourth-order valence-corrected chi connectivity index (χ4v) is 2.01. The van der Waals surface area contributed by atoms with E-state index in [-0.39, 0.29) is 13.0 Å². The van der Waals surface area contributed by atoms with E-state index in [1.54, 1.807) is 6.08 Å². The monoisotopic (exact) mass is 294 g/mol. The van der Waals surface area contributed by atoms with E-state index >= 15 is 0 Å². The minimum Gasteiger partial charge on any atom is -0.460 e. The first-order valence-corrected chi connectivity index (χ1v) is 6.66. The summed E-state index contributed by atoms with van der Waals surface area (Å²) in [6.45, 7) is -0.243. The van der Waals surface area contributed by atoms with E-state index in [1.807, 2.05) is 30.3 Å². The van der Waals surface area contributed by atoms with E-state index < -0.39 is 30.6 Å². The first-order valence-electron chi connectivity index (χ1n) is 6.66. The first kappa shape index (κ1) is 15.7. The van der Waals surface area contributed by atoms with Crippen LogP contribution < -0.4 is 0 Å². The molecule has 1 aromatic rings. The van der Waals surface area contributed by atoms with Crippen LogP contribution in [0.25, 0.3) is 6.08 Å². The van der Waals surface area contributed by atoms with E-state index in [1.165, 1.54) is 6.08 Å². The third-order valence-corrected chi connectivity index (χ3v) is 3.15. The molecule has 2 rings (SSSR count). The van der Waals surface area contributed by atoms with Gasteiger partial charge in [0.15, 0.2) is 6.29 Å². The van der Waals surface area contributed by atoms with Gasteiger partial charge in [-0.25, -0.2) is 4.79 Å². The SMILES string of the molecule is O=C(/C=C/c1ccccc1)OCC1O[C@H](O)CC(O)[C@@H]1O. The normalized spacial score (nSPS) is 29.5. The molecule has 4 atom stereocenters. The molecule has 3 N–H and O–H groups in total. The van der Waals surface area contributed by atoms with Gasteiger partial charge in [0.05, 0.1) is 6.10 Å². The van der Waals surface area contributed by atoms with Gasteiger partial charge in [-0.2, -0.15) is 0 Å². The summed E-state index contributed by atoms with van der Waals surface area (Å²) in [5.74, 6) is -0.593. The zero-order valence-electron chi connectivity index (χ0n) is 11.3. The van der Waals surface area contributed by atoms with Gasteiger partial charge >= 0.3 is 5.97 Å². The van der Waals surface area contributed by atoms with Crippen molar-refractivity contribution in [2.75, 3.05) is 6.61 Å². The smallest absolute Gasteiger partial charge is 0.330 e. The molecule has 0 radical (unpaired) electrons. The second kappa shape index (κ2) is 7.33. The van der Waals surface area contributed by atoms with Gasteiger partial charge in [0.25, 0.3) is 0 Å². The lowest BCUT2D eigenvalue weighted by molar-refractivity contribution is -0.241. The molecule has 2 unspecified atom stereocenters. The van der Waals surface area contributed by atoms with Crippen LogP contribution in [-0.4, -0.2) is 52.5 Å². The minimum atomic E-state index is -1.20. The molecule has 1 heterocycles. The van der Waals surface area contributed by atoms with Crippen molar-refractivity contribution in [2.24, 2.45) is 0 Å². The number of benzene rings is 1. The predicted molar refractivity (Wildman–Crippen MR) is 73.9 cm³/mol. The lowest BCUT2D eigenvalue weighted by Gasteiger charge is -2.34. The molecule has 114 valence electrons. The van der Waals surface area contributed by atoms with Crippen LogP contribution in [0.2, 0.25) is 0 Å². The highest BCUT2D eigenvalue weighted by Crippen LogP contribution is 2.19. The largest absolute Gasteiger partial charge is 0.460 e. The van der Waals surface area contributed by atoms with Gasteiger partial charge in [-0.05, 0) is 11.6 Å². The van der Waals surface area contributed by atoms with Crippen LogP contribution in [0.5, 0.6) is 0 Å². The van der Waals surface area contributed by atoms with E-state index in [9.17, 15) is 20.1 Å². The summed E-state index contributed by atoms with van der Waals surface area (Å²) in [7, 11) is 0. The van der Waals surface area contributed by atoms with Crippen molar-refractivity contribution in [2.45, 2.75) is 31.0 Å². The maximum Gasteiger partial charge on any atom is 0.330 e. The second-order valence-corrected chi connectivity index (χ2v) is 4.80. The van der Waals surface area contributed by atoms with Gasteiger partial charge in [-0.1, -0.05) is 30.3 Å². The summed E-state index contributed by atoms with van der Waals surface area (Å²) in [5, 5.41) is 28.5. The van der Waals surface area contributed by atoms with Gasteiger partial charge in [-0.3, -0.25) is 0 Å². The number of esters is 1. The Morgan fingerprint density at radius 1 is 1.29 bits per heavy atom. The molecule has 1 aliphatic heterocycles. The summed E-state index contributed by atoms with van der Waals surface area (Å²) in [5.41, 5.74) is 0.856. The van der Waals surface area contributed by atoms with Crippen LogP contribution in [0.1, 0.15) is 12.0 Å². The number of carbonyl (C=O) groups excluding carboxylic acids is 1. The maximum absolute atomic E-state index is 11.6. The summed E-state index contributed by atoms with van der Waals surface area (Å²) in [6, 6.07) is 9.24. The Morgan fingerprint density at radius 2 is 2.00 bits per heavy atom. The quantitative estimate of drug-likeness (QED) is 0.537. The fourth-order valence-electron chi connectivity index (χ4n) is 2.01. The van der Waals surface area contributed by atoms with Crippen molar-refractivity contribution in [3.63, 3.8) is 0 Å². The molecule has 6 nitrogen and oxygen atoms in total. The van der Waals surface area contributed by atoms with Crippen LogP contribution in [0, 0.1) is 0 Å². The number of rotatable bonds is 4. The molecule has 0 aliphatic carbocycles. The number of carbonyl (C=O) groups is 1. The second-order valence-electron chi connectivity index (χ2n) is 4.80. The molecular formula is C15H18O6. The van der Waals surface area contributed by atoms with Crippen molar-refractivity contribution in [1.29, 1.82) is 0 Å². The highest BCUT2D eigenvalue weighted by molar-refractivity contribution is 5.87. The zero-order chi connectivity index (χ0) is 15.2. The van der Waals surface area contributed by atoms with Gasteiger partial charge in [-0.15, -0.1) is 0 Å². The van der Waals surface area contributed by atoms with Crippen LogP contribution in [-0.2, 0) is 14.3 Å². The van der Waals surface area contributed by atoms with Gasteiger partial charge < -0.3 is 24.8 Å². The molecule has 0 bridgehead atoms. The Kier molecular flexibility index (Phi) is 5.46. The average Bonchev–Trinajstić information content (AvgIpc) is 2.48. The molecule has 6 heteroatoms. The number of aliphatic hydroxyl groups is 3. The average molecular weight is 294 g/mol. The zero-order valence-corrected chi connectivity index (χ0v) is 11.3. The van der Waals surface area contributed by atoms with Crippen molar-refractivity contribution in [3.05, 3.63) is 42.0 Å². The molecule has 0 amide bonds. The van der Waals surface area contributed by atoms with E-state index in [0.29, 0.717) is 0 Å². The van der Waals surface area contributed by atoms with E-state index in [2.05, 4.69) is 0 Å². The number of hydrogen-bond acceptors (Lipinski definition) is 6. The summed E-state index contributed by atoms with van der Waals surface area (Å²) in [4.78, 5) is 11.6. The lowest BCUT2D eigenvalue weighted by Crippen LogP contribution is -2.50. The van der Waals surface area contributed by atoms with Crippen LogP contribution >= 0.6 is 0 Å². The minimum absolute atomic E-state index is 0.0699. The molecule has 1 fully saturated rings. The third kappa shape index (κ3) is 4.64. The Hall–Kier alpha value is -1.73. The van der Waals surface area contributed by atoms with Crippen LogP contribution in [0.3, 0.4) is 0 Å². The molecule has 0 saturated carbocycles. The lowest BCUT2D eigenvalue weighted by atomic mass is 10.0. The third-order valence-electron chi connectivity index (χ3n) is 3.15. The Bertz CT molecular complexity index is 486. The van der Waals surface area contributed by atoms with Gasteiger partial charge in [0.1, 0.15) is 18.8 Å².